The molecule has 114 valence electrons. The van der Waals surface area contributed by atoms with Gasteiger partial charge in [-0.2, -0.15) is 0 Å². The Bertz CT molecular complexity index is 615. The zero-order valence-electron chi connectivity index (χ0n) is 12.8. The lowest BCUT2D eigenvalue weighted by molar-refractivity contribution is 0.290. The van der Waals surface area contributed by atoms with Gasteiger partial charge in [-0.1, -0.05) is 6.92 Å². The number of aryl methyl sites for hydroxylation is 1. The zero-order valence-corrected chi connectivity index (χ0v) is 13.6. The molecule has 2 aromatic rings. The van der Waals surface area contributed by atoms with Crippen molar-refractivity contribution in [2.75, 3.05) is 13.0 Å². The van der Waals surface area contributed by atoms with Gasteiger partial charge in [0.25, 0.3) is 0 Å². The van der Waals surface area contributed by atoms with Gasteiger partial charge in [-0.05, 0) is 43.7 Å². The number of nitrogens with zero attached hydrogens (tertiary/aromatic N) is 2. The van der Waals surface area contributed by atoms with E-state index in [-0.39, 0.29) is 0 Å². The van der Waals surface area contributed by atoms with Gasteiger partial charge in [0.05, 0.1) is 18.1 Å². The van der Waals surface area contributed by atoms with Crippen LogP contribution in [0.3, 0.4) is 0 Å². The summed E-state index contributed by atoms with van der Waals surface area (Å²) in [6, 6.07) is 6.75. The quantitative estimate of drug-likeness (QED) is 0.773. The minimum absolute atomic E-state index is 0.567. The van der Waals surface area contributed by atoms with E-state index < -0.39 is 0 Å². The Morgan fingerprint density at radius 3 is 2.71 bits per heavy atom. The molecule has 0 N–H and O–H groups in total. The van der Waals surface area contributed by atoms with E-state index in [4.69, 9.17) is 21.3 Å². The van der Waals surface area contributed by atoms with Gasteiger partial charge in [0, 0.05) is 24.4 Å². The molecule has 1 aliphatic rings. The Morgan fingerprint density at radius 2 is 2.05 bits per heavy atom. The number of methoxy groups -OCH3 is 1. The summed E-state index contributed by atoms with van der Waals surface area (Å²) in [4.78, 5) is 4.80. The molecule has 3 nitrogen and oxygen atoms in total. The smallest absolute Gasteiger partial charge is 0.121 e. The monoisotopic (exact) mass is 306 g/mol. The van der Waals surface area contributed by atoms with Crippen LogP contribution in [0.2, 0.25) is 0 Å². The molecule has 1 aliphatic carbocycles. The van der Waals surface area contributed by atoms with Crippen LogP contribution < -0.4 is 4.74 Å². The van der Waals surface area contributed by atoms with E-state index in [9.17, 15) is 0 Å². The molecule has 0 unspecified atom stereocenters. The Kier molecular flexibility index (Phi) is 4.39. The van der Waals surface area contributed by atoms with Gasteiger partial charge in [-0.25, -0.2) is 4.98 Å². The van der Waals surface area contributed by atoms with Gasteiger partial charge in [0.1, 0.15) is 11.6 Å². The minimum Gasteiger partial charge on any atom is -0.497 e. The first kappa shape index (κ1) is 14.7. The van der Waals surface area contributed by atoms with E-state index in [0.717, 1.165) is 29.4 Å². The highest BCUT2D eigenvalue weighted by Gasteiger charge is 2.23. The van der Waals surface area contributed by atoms with Crippen LogP contribution in [0.4, 0.5) is 0 Å². The first-order valence-electron chi connectivity index (χ1n) is 7.83. The highest BCUT2D eigenvalue weighted by Crippen LogP contribution is 2.35. The number of halogens is 1. The number of ether oxygens (including phenoxy) is 1. The van der Waals surface area contributed by atoms with E-state index in [1.54, 1.807) is 7.11 Å². The summed E-state index contributed by atoms with van der Waals surface area (Å²) in [6.45, 7) is 2.35. The average molecular weight is 307 g/mol. The highest BCUT2D eigenvalue weighted by molar-refractivity contribution is 6.17. The number of benzene rings is 1. The SMILES string of the molecule is COc1ccc2c(c1)nc(CCCl)n2C1CCC(C)CC1. The molecule has 0 amide bonds. The van der Waals surface area contributed by atoms with E-state index in [1.165, 1.54) is 31.2 Å². The number of rotatable bonds is 4. The predicted octanol–water partition coefficient (Wildman–Crippen LogP) is 4.58. The second-order valence-corrected chi connectivity index (χ2v) is 6.48. The molecule has 0 spiro atoms. The summed E-state index contributed by atoms with van der Waals surface area (Å²) >= 11 is 5.98. The predicted molar refractivity (Wildman–Crippen MR) is 87.4 cm³/mol. The molecule has 1 fully saturated rings. The van der Waals surface area contributed by atoms with Crippen molar-refractivity contribution in [1.82, 2.24) is 9.55 Å². The highest BCUT2D eigenvalue weighted by atomic mass is 35.5. The molecule has 1 saturated carbocycles. The second-order valence-electron chi connectivity index (χ2n) is 6.11. The van der Waals surface area contributed by atoms with E-state index >= 15 is 0 Å². The zero-order chi connectivity index (χ0) is 14.8. The van der Waals surface area contributed by atoms with Crippen molar-refractivity contribution < 1.29 is 4.74 Å². The molecule has 21 heavy (non-hydrogen) atoms. The third-order valence-corrected chi connectivity index (χ3v) is 4.83. The van der Waals surface area contributed by atoms with Crippen molar-refractivity contribution in [3.63, 3.8) is 0 Å². The summed E-state index contributed by atoms with van der Waals surface area (Å²) in [6.07, 6.45) is 5.92. The molecule has 0 radical (unpaired) electrons. The molecule has 3 rings (SSSR count). The average Bonchev–Trinajstić information content (AvgIpc) is 2.85. The fraction of sp³-hybridized carbons (Fsp3) is 0.588. The lowest BCUT2D eigenvalue weighted by atomic mass is 9.87. The topological polar surface area (TPSA) is 27.1 Å². The van der Waals surface area contributed by atoms with Gasteiger partial charge < -0.3 is 9.30 Å². The number of alkyl halides is 1. The molecular weight excluding hydrogens is 284 g/mol. The van der Waals surface area contributed by atoms with Gasteiger partial charge in [0.2, 0.25) is 0 Å². The summed E-state index contributed by atoms with van der Waals surface area (Å²) in [5.41, 5.74) is 2.24. The van der Waals surface area contributed by atoms with Crippen LogP contribution in [0.25, 0.3) is 11.0 Å². The van der Waals surface area contributed by atoms with Gasteiger partial charge in [-0.3, -0.25) is 0 Å². The fourth-order valence-corrected chi connectivity index (χ4v) is 3.59. The van der Waals surface area contributed by atoms with E-state index in [1.807, 2.05) is 12.1 Å². The largest absolute Gasteiger partial charge is 0.497 e. The molecule has 4 heteroatoms. The van der Waals surface area contributed by atoms with Crippen molar-refractivity contribution in [2.45, 2.75) is 45.1 Å². The lowest BCUT2D eigenvalue weighted by Crippen LogP contribution is -2.19. The van der Waals surface area contributed by atoms with E-state index in [2.05, 4.69) is 17.6 Å². The number of hydrogen-bond acceptors (Lipinski definition) is 2. The fourth-order valence-electron chi connectivity index (χ4n) is 3.42. The summed E-state index contributed by atoms with van der Waals surface area (Å²) in [7, 11) is 1.69. The van der Waals surface area contributed by atoms with Gasteiger partial charge >= 0.3 is 0 Å². The molecule has 0 bridgehead atoms. The molecule has 1 aromatic heterocycles. The van der Waals surface area contributed by atoms with Crippen molar-refractivity contribution in [3.8, 4) is 5.75 Å². The summed E-state index contributed by atoms with van der Waals surface area (Å²) in [5.74, 6) is 3.45. The van der Waals surface area contributed by atoms with Crippen LogP contribution in [-0.2, 0) is 6.42 Å². The van der Waals surface area contributed by atoms with Crippen LogP contribution in [0.15, 0.2) is 18.2 Å². The normalized spacial score (nSPS) is 22.6. The standard InChI is InChI=1S/C17H23ClN2O/c1-12-3-5-13(6-4-12)20-16-8-7-14(21-2)11-15(16)19-17(20)9-10-18/h7-8,11-13H,3-6,9-10H2,1-2H3. The maximum absolute atomic E-state index is 5.98. The molecule has 0 aliphatic heterocycles. The lowest BCUT2D eigenvalue weighted by Gasteiger charge is -2.29. The number of hydrogen-bond donors (Lipinski definition) is 0. The van der Waals surface area contributed by atoms with Crippen molar-refractivity contribution in [3.05, 3.63) is 24.0 Å². The molecule has 0 atom stereocenters. The van der Waals surface area contributed by atoms with Crippen molar-refractivity contribution in [1.29, 1.82) is 0 Å². The second kappa shape index (κ2) is 6.27. The minimum atomic E-state index is 0.567. The molecule has 1 heterocycles. The Balaban J connectivity index is 2.03. The van der Waals surface area contributed by atoms with Crippen LogP contribution in [0, 0.1) is 5.92 Å². The molecular formula is C17H23ClN2O. The summed E-state index contributed by atoms with van der Waals surface area (Å²) in [5, 5.41) is 0. The Labute approximate surface area is 131 Å². The van der Waals surface area contributed by atoms with Crippen LogP contribution in [-0.4, -0.2) is 22.5 Å². The number of fused-ring (bicyclic) bond motifs is 1. The molecule has 0 saturated heterocycles. The maximum Gasteiger partial charge on any atom is 0.121 e. The number of imidazole rings is 1. The van der Waals surface area contributed by atoms with Crippen LogP contribution in [0.5, 0.6) is 5.75 Å². The van der Waals surface area contributed by atoms with Crippen molar-refractivity contribution >= 4 is 22.6 Å². The van der Waals surface area contributed by atoms with Gasteiger partial charge in [-0.15, -0.1) is 11.6 Å². The van der Waals surface area contributed by atoms with Crippen LogP contribution >= 0.6 is 11.6 Å². The van der Waals surface area contributed by atoms with Crippen molar-refractivity contribution in [2.24, 2.45) is 5.92 Å². The maximum atomic E-state index is 5.98. The van der Waals surface area contributed by atoms with Gasteiger partial charge in [0.15, 0.2) is 0 Å². The van der Waals surface area contributed by atoms with Crippen LogP contribution in [0.1, 0.15) is 44.5 Å². The Hall–Kier alpha value is -1.22. The third-order valence-electron chi connectivity index (χ3n) is 4.64. The molecule has 1 aromatic carbocycles. The third kappa shape index (κ3) is 2.89. The Morgan fingerprint density at radius 1 is 1.29 bits per heavy atom. The number of aromatic nitrogens is 2. The van der Waals surface area contributed by atoms with E-state index in [0.29, 0.717) is 11.9 Å². The first-order chi connectivity index (χ1) is 10.2. The first-order valence-corrected chi connectivity index (χ1v) is 8.37. The summed E-state index contributed by atoms with van der Waals surface area (Å²) < 4.78 is 7.75.